The Kier molecular flexibility index (Phi) is 3.99. The van der Waals surface area contributed by atoms with Crippen molar-refractivity contribution in [3.63, 3.8) is 0 Å². The summed E-state index contributed by atoms with van der Waals surface area (Å²) in [6, 6.07) is 8.78. The summed E-state index contributed by atoms with van der Waals surface area (Å²) in [6.07, 6.45) is 6.64. The molecule has 3 nitrogen and oxygen atoms in total. The number of rotatable bonds is 6. The Balaban J connectivity index is 2.01. The largest absolute Gasteiger partial charge is 0.376 e. The van der Waals surface area contributed by atoms with Gasteiger partial charge in [-0.3, -0.25) is 4.98 Å². The molecule has 1 saturated carbocycles. The number of likely N-dealkylation sites (N-methyl/N-ethyl adjacent to an activating group) is 1. The van der Waals surface area contributed by atoms with Gasteiger partial charge >= 0.3 is 0 Å². The van der Waals surface area contributed by atoms with Gasteiger partial charge in [0, 0.05) is 24.4 Å². The molecule has 1 N–H and O–H groups in total. The van der Waals surface area contributed by atoms with E-state index in [4.69, 9.17) is 4.74 Å². The minimum atomic E-state index is 0.244. The van der Waals surface area contributed by atoms with Crippen molar-refractivity contribution in [1.29, 1.82) is 0 Å². The normalized spacial score (nSPS) is 18.1. The first kappa shape index (κ1) is 13.5. The van der Waals surface area contributed by atoms with Gasteiger partial charge in [-0.25, -0.2) is 0 Å². The molecule has 1 aromatic carbocycles. The highest BCUT2D eigenvalue weighted by Crippen LogP contribution is 2.41. The van der Waals surface area contributed by atoms with Crippen LogP contribution in [0.3, 0.4) is 0 Å². The predicted molar refractivity (Wildman–Crippen MR) is 81.7 cm³/mol. The third-order valence-electron chi connectivity index (χ3n) is 4.13. The molecular formula is C17H22N2O. The first-order valence-corrected chi connectivity index (χ1v) is 7.46. The van der Waals surface area contributed by atoms with E-state index in [0.717, 1.165) is 6.61 Å². The van der Waals surface area contributed by atoms with E-state index in [1.165, 1.54) is 29.2 Å². The molecule has 1 aliphatic carbocycles. The molecule has 0 saturated heterocycles. The van der Waals surface area contributed by atoms with Crippen LogP contribution in [0.25, 0.3) is 10.8 Å². The van der Waals surface area contributed by atoms with E-state index < -0.39 is 0 Å². The second kappa shape index (κ2) is 5.90. The van der Waals surface area contributed by atoms with Crippen molar-refractivity contribution < 1.29 is 4.74 Å². The van der Waals surface area contributed by atoms with Gasteiger partial charge in [0.05, 0.1) is 12.1 Å². The molecule has 2 aromatic rings. The van der Waals surface area contributed by atoms with Gasteiger partial charge in [-0.1, -0.05) is 18.2 Å². The summed E-state index contributed by atoms with van der Waals surface area (Å²) < 4.78 is 6.04. The third-order valence-corrected chi connectivity index (χ3v) is 4.13. The Morgan fingerprint density at radius 3 is 2.90 bits per heavy atom. The Morgan fingerprint density at radius 2 is 2.20 bits per heavy atom. The molecule has 106 valence electrons. The van der Waals surface area contributed by atoms with E-state index in [1.54, 1.807) is 0 Å². The van der Waals surface area contributed by atoms with E-state index in [-0.39, 0.29) is 12.1 Å². The first-order chi connectivity index (χ1) is 9.85. The van der Waals surface area contributed by atoms with Gasteiger partial charge in [0.1, 0.15) is 0 Å². The van der Waals surface area contributed by atoms with E-state index in [1.807, 2.05) is 19.4 Å². The van der Waals surface area contributed by atoms with Crippen LogP contribution >= 0.6 is 0 Å². The molecule has 2 unspecified atom stereocenters. The lowest BCUT2D eigenvalue weighted by Crippen LogP contribution is -2.33. The fourth-order valence-electron chi connectivity index (χ4n) is 3.04. The summed E-state index contributed by atoms with van der Waals surface area (Å²) in [4.78, 5) is 4.22. The summed E-state index contributed by atoms with van der Waals surface area (Å²) in [5, 5.41) is 5.93. The summed E-state index contributed by atoms with van der Waals surface area (Å²) in [5.74, 6) is 0.699. The lowest BCUT2D eigenvalue weighted by atomic mass is 9.94. The topological polar surface area (TPSA) is 34.1 Å². The van der Waals surface area contributed by atoms with Gasteiger partial charge in [-0.2, -0.15) is 0 Å². The Labute approximate surface area is 120 Å². The Hall–Kier alpha value is -1.45. The molecule has 0 aliphatic heterocycles. The maximum atomic E-state index is 6.04. The molecule has 0 spiro atoms. The molecular weight excluding hydrogens is 248 g/mol. The van der Waals surface area contributed by atoms with Gasteiger partial charge in [0.25, 0.3) is 0 Å². The van der Waals surface area contributed by atoms with Crippen LogP contribution in [-0.2, 0) is 4.74 Å². The maximum Gasteiger partial charge on any atom is 0.0797 e. The van der Waals surface area contributed by atoms with Gasteiger partial charge in [0.2, 0.25) is 0 Å². The molecule has 1 aromatic heterocycles. The molecule has 3 rings (SSSR count). The number of aromatic nitrogens is 1. The van der Waals surface area contributed by atoms with Gasteiger partial charge in [-0.05, 0) is 49.7 Å². The standard InChI is InChI=1S/C17H22N2O/c1-3-20-17(12-7-8-12)16(18-2)15-6-4-5-13-11-19-10-9-14(13)15/h4-6,9-12,16-18H,3,7-8H2,1-2H3. The molecule has 0 radical (unpaired) electrons. The highest BCUT2D eigenvalue weighted by atomic mass is 16.5. The monoisotopic (exact) mass is 270 g/mol. The number of hydrogen-bond donors (Lipinski definition) is 1. The van der Waals surface area contributed by atoms with Crippen molar-refractivity contribution in [2.45, 2.75) is 31.9 Å². The maximum absolute atomic E-state index is 6.04. The lowest BCUT2D eigenvalue weighted by Gasteiger charge is -2.28. The van der Waals surface area contributed by atoms with Crippen LogP contribution < -0.4 is 5.32 Å². The second-order valence-electron chi connectivity index (χ2n) is 5.47. The van der Waals surface area contributed by atoms with Crippen LogP contribution in [0, 0.1) is 5.92 Å². The first-order valence-electron chi connectivity index (χ1n) is 7.46. The highest BCUT2D eigenvalue weighted by molar-refractivity contribution is 5.85. The van der Waals surface area contributed by atoms with Gasteiger partial charge in [-0.15, -0.1) is 0 Å². The van der Waals surface area contributed by atoms with Gasteiger partial charge < -0.3 is 10.1 Å². The molecule has 2 atom stereocenters. The van der Waals surface area contributed by atoms with Crippen LogP contribution in [0.4, 0.5) is 0 Å². The van der Waals surface area contributed by atoms with E-state index in [2.05, 4.69) is 41.5 Å². The quantitative estimate of drug-likeness (QED) is 0.874. The minimum absolute atomic E-state index is 0.244. The minimum Gasteiger partial charge on any atom is -0.376 e. The molecule has 1 heterocycles. The smallest absolute Gasteiger partial charge is 0.0797 e. The van der Waals surface area contributed by atoms with Crippen molar-refractivity contribution in [2.24, 2.45) is 5.92 Å². The zero-order valence-corrected chi connectivity index (χ0v) is 12.2. The van der Waals surface area contributed by atoms with E-state index in [9.17, 15) is 0 Å². The van der Waals surface area contributed by atoms with Crippen LogP contribution in [0.15, 0.2) is 36.7 Å². The van der Waals surface area contributed by atoms with Crippen LogP contribution in [0.2, 0.25) is 0 Å². The van der Waals surface area contributed by atoms with Crippen molar-refractivity contribution in [2.75, 3.05) is 13.7 Å². The molecule has 1 aliphatic rings. The molecule has 1 fully saturated rings. The zero-order chi connectivity index (χ0) is 13.9. The number of benzene rings is 1. The van der Waals surface area contributed by atoms with Crippen molar-refractivity contribution in [3.8, 4) is 0 Å². The lowest BCUT2D eigenvalue weighted by molar-refractivity contribution is 0.0208. The zero-order valence-electron chi connectivity index (χ0n) is 12.2. The fourth-order valence-corrected chi connectivity index (χ4v) is 3.04. The number of hydrogen-bond acceptors (Lipinski definition) is 3. The van der Waals surface area contributed by atoms with E-state index >= 15 is 0 Å². The summed E-state index contributed by atoms with van der Waals surface area (Å²) in [5.41, 5.74) is 1.32. The van der Waals surface area contributed by atoms with Crippen LogP contribution in [-0.4, -0.2) is 24.7 Å². The molecule has 3 heteroatoms. The number of nitrogens with zero attached hydrogens (tertiary/aromatic N) is 1. The number of nitrogens with one attached hydrogen (secondary N) is 1. The number of ether oxygens (including phenoxy) is 1. The number of fused-ring (bicyclic) bond motifs is 1. The Bertz CT molecular complexity index is 575. The summed E-state index contributed by atoms with van der Waals surface area (Å²) in [6.45, 7) is 2.85. The SMILES string of the molecule is CCOC(C1CC1)C(NC)c1cccc2cnccc12. The highest BCUT2D eigenvalue weighted by Gasteiger charge is 2.37. The number of pyridine rings is 1. The second-order valence-corrected chi connectivity index (χ2v) is 5.47. The fraction of sp³-hybridized carbons (Fsp3) is 0.471. The average molecular weight is 270 g/mol. The summed E-state index contributed by atoms with van der Waals surface area (Å²) >= 11 is 0. The molecule has 0 bridgehead atoms. The predicted octanol–water partition coefficient (Wildman–Crippen LogP) is 3.31. The van der Waals surface area contributed by atoms with Gasteiger partial charge in [0.15, 0.2) is 0 Å². The van der Waals surface area contributed by atoms with Crippen LogP contribution in [0.5, 0.6) is 0 Å². The van der Waals surface area contributed by atoms with Crippen molar-refractivity contribution in [1.82, 2.24) is 10.3 Å². The van der Waals surface area contributed by atoms with Crippen molar-refractivity contribution in [3.05, 3.63) is 42.2 Å². The summed E-state index contributed by atoms with van der Waals surface area (Å²) in [7, 11) is 2.03. The van der Waals surface area contributed by atoms with Crippen molar-refractivity contribution >= 4 is 10.8 Å². The Morgan fingerprint density at radius 1 is 1.35 bits per heavy atom. The molecule has 20 heavy (non-hydrogen) atoms. The van der Waals surface area contributed by atoms with E-state index in [0.29, 0.717) is 5.92 Å². The average Bonchev–Trinajstić information content (AvgIpc) is 3.32. The van der Waals surface area contributed by atoms with Crippen LogP contribution in [0.1, 0.15) is 31.4 Å². The third kappa shape index (κ3) is 2.56. The molecule has 0 amide bonds.